The highest BCUT2D eigenvalue weighted by atomic mass is 35.5. The average Bonchev–Trinajstić information content (AvgIpc) is 2.31. The summed E-state index contributed by atoms with van der Waals surface area (Å²) in [5.41, 5.74) is 1.07. The molecule has 0 unspecified atom stereocenters. The molecule has 0 aliphatic carbocycles. The smallest absolute Gasteiger partial charge is 0.268 e. The lowest BCUT2D eigenvalue weighted by atomic mass is 10.3. The Bertz CT molecular complexity index is 485. The zero-order valence-electron chi connectivity index (χ0n) is 10.8. The number of pyridine rings is 1. The van der Waals surface area contributed by atoms with E-state index in [2.05, 4.69) is 9.71 Å². The summed E-state index contributed by atoms with van der Waals surface area (Å²) >= 11 is 5.89. The predicted octanol–water partition coefficient (Wildman–Crippen LogP) is 2.43. The molecule has 0 aromatic carbocycles. The summed E-state index contributed by atoms with van der Waals surface area (Å²) in [6.45, 7) is 4.26. The van der Waals surface area contributed by atoms with Crippen LogP contribution >= 0.6 is 11.6 Å². The average molecular weight is 292 g/mol. The number of unbranched alkanes of at least 4 members (excludes halogenated alkanes) is 1. The van der Waals surface area contributed by atoms with Gasteiger partial charge in [0.15, 0.2) is 5.15 Å². The molecule has 0 bridgehead atoms. The lowest BCUT2D eigenvalue weighted by Gasteiger charge is -2.19. The van der Waals surface area contributed by atoms with Crippen LogP contribution in [0, 0.1) is 6.92 Å². The van der Waals surface area contributed by atoms with Crippen LogP contribution in [-0.4, -0.2) is 31.3 Å². The minimum atomic E-state index is -3.57. The van der Waals surface area contributed by atoms with Crippen LogP contribution < -0.4 is 4.72 Å². The van der Waals surface area contributed by atoms with Gasteiger partial charge in [0.1, 0.15) is 0 Å². The summed E-state index contributed by atoms with van der Waals surface area (Å²) in [7, 11) is -2.03. The molecule has 7 heteroatoms. The third-order valence-electron chi connectivity index (χ3n) is 2.58. The lowest BCUT2D eigenvalue weighted by Crippen LogP contribution is -2.33. The number of hydrogen-bond donors (Lipinski definition) is 1. The van der Waals surface area contributed by atoms with Crippen molar-refractivity contribution in [1.82, 2.24) is 9.29 Å². The van der Waals surface area contributed by atoms with Crippen molar-refractivity contribution in [3.05, 3.63) is 23.0 Å². The summed E-state index contributed by atoms with van der Waals surface area (Å²) in [5.74, 6) is 0. The molecule has 1 N–H and O–H groups in total. The number of hydrogen-bond acceptors (Lipinski definition) is 3. The highest BCUT2D eigenvalue weighted by Gasteiger charge is 2.19. The van der Waals surface area contributed by atoms with Crippen molar-refractivity contribution >= 4 is 27.5 Å². The SMILES string of the molecule is CCCCN(C)S(=O)(=O)Nc1c(C)ccnc1Cl. The van der Waals surface area contributed by atoms with Crippen LogP contribution in [0.5, 0.6) is 0 Å². The molecular formula is C11H18ClN3O2S. The molecule has 1 rings (SSSR count). The second-order valence-corrected chi connectivity index (χ2v) is 6.21. The third kappa shape index (κ3) is 3.83. The van der Waals surface area contributed by atoms with Crippen LogP contribution in [0.3, 0.4) is 0 Å². The van der Waals surface area contributed by atoms with Gasteiger partial charge in [0.05, 0.1) is 5.69 Å². The van der Waals surface area contributed by atoms with Gasteiger partial charge in [-0.2, -0.15) is 12.7 Å². The van der Waals surface area contributed by atoms with E-state index in [-0.39, 0.29) is 5.15 Å². The zero-order chi connectivity index (χ0) is 13.8. The summed E-state index contributed by atoms with van der Waals surface area (Å²) in [6, 6.07) is 1.70. The standard InChI is InChI=1S/C11H18ClN3O2S/c1-4-5-8-15(3)18(16,17)14-10-9(2)6-7-13-11(10)12/h6-7,14H,4-5,8H2,1-3H3. The van der Waals surface area contributed by atoms with Crippen molar-refractivity contribution in [2.24, 2.45) is 0 Å². The molecule has 1 aromatic heterocycles. The van der Waals surface area contributed by atoms with E-state index in [1.807, 2.05) is 6.92 Å². The van der Waals surface area contributed by atoms with Crippen molar-refractivity contribution < 1.29 is 8.42 Å². The number of nitrogens with one attached hydrogen (secondary N) is 1. The zero-order valence-corrected chi connectivity index (χ0v) is 12.3. The fourth-order valence-electron chi connectivity index (χ4n) is 1.36. The van der Waals surface area contributed by atoms with Crippen molar-refractivity contribution in [2.45, 2.75) is 26.7 Å². The van der Waals surface area contributed by atoms with Gasteiger partial charge in [0.25, 0.3) is 0 Å². The Balaban J connectivity index is 2.89. The molecule has 102 valence electrons. The first-order valence-corrected chi connectivity index (χ1v) is 7.55. The number of anilines is 1. The molecule has 0 aliphatic rings. The van der Waals surface area contributed by atoms with Gasteiger partial charge in [-0.25, -0.2) is 4.98 Å². The second kappa shape index (κ2) is 6.36. The Morgan fingerprint density at radius 2 is 2.17 bits per heavy atom. The molecule has 18 heavy (non-hydrogen) atoms. The van der Waals surface area contributed by atoms with Crippen molar-refractivity contribution in [3.63, 3.8) is 0 Å². The minimum absolute atomic E-state index is 0.155. The third-order valence-corrected chi connectivity index (χ3v) is 4.33. The lowest BCUT2D eigenvalue weighted by molar-refractivity contribution is 0.463. The molecule has 1 aromatic rings. The van der Waals surface area contributed by atoms with Gasteiger partial charge in [-0.05, 0) is 25.0 Å². The van der Waals surface area contributed by atoms with Crippen LogP contribution in [-0.2, 0) is 10.2 Å². The van der Waals surface area contributed by atoms with E-state index in [0.29, 0.717) is 12.2 Å². The van der Waals surface area contributed by atoms with Crippen LogP contribution in [0.15, 0.2) is 12.3 Å². The molecule has 0 spiro atoms. The van der Waals surface area contributed by atoms with Gasteiger partial charge in [0, 0.05) is 19.8 Å². The van der Waals surface area contributed by atoms with Crippen molar-refractivity contribution in [2.75, 3.05) is 18.3 Å². The number of halogens is 1. The minimum Gasteiger partial charge on any atom is -0.268 e. The normalized spacial score (nSPS) is 11.8. The van der Waals surface area contributed by atoms with E-state index < -0.39 is 10.2 Å². The van der Waals surface area contributed by atoms with Crippen LogP contribution in [0.1, 0.15) is 25.3 Å². The molecule has 0 radical (unpaired) electrons. The first kappa shape index (κ1) is 15.2. The molecule has 0 saturated carbocycles. The van der Waals surface area contributed by atoms with Gasteiger partial charge in [-0.1, -0.05) is 24.9 Å². The maximum absolute atomic E-state index is 12.0. The fourth-order valence-corrected chi connectivity index (χ4v) is 2.71. The quantitative estimate of drug-likeness (QED) is 0.819. The fraction of sp³-hybridized carbons (Fsp3) is 0.545. The first-order chi connectivity index (χ1) is 8.38. The molecular weight excluding hydrogens is 274 g/mol. The van der Waals surface area contributed by atoms with E-state index in [1.54, 1.807) is 13.0 Å². The van der Waals surface area contributed by atoms with Crippen LogP contribution in [0.4, 0.5) is 5.69 Å². The van der Waals surface area contributed by atoms with Crippen molar-refractivity contribution in [1.29, 1.82) is 0 Å². The van der Waals surface area contributed by atoms with E-state index in [4.69, 9.17) is 11.6 Å². The van der Waals surface area contributed by atoms with Gasteiger partial charge in [-0.15, -0.1) is 0 Å². The molecule has 0 saturated heterocycles. The Hall–Kier alpha value is -0.850. The number of rotatable bonds is 6. The Morgan fingerprint density at radius 3 is 2.72 bits per heavy atom. The summed E-state index contributed by atoms with van der Waals surface area (Å²) in [6.07, 6.45) is 3.29. The summed E-state index contributed by atoms with van der Waals surface area (Å²) in [4.78, 5) is 3.87. The Morgan fingerprint density at radius 1 is 1.50 bits per heavy atom. The van der Waals surface area contributed by atoms with Gasteiger partial charge in [-0.3, -0.25) is 4.72 Å². The van der Waals surface area contributed by atoms with Crippen LogP contribution in [0.2, 0.25) is 5.15 Å². The molecule has 0 amide bonds. The topological polar surface area (TPSA) is 62.3 Å². The van der Waals surface area contributed by atoms with E-state index in [0.717, 1.165) is 18.4 Å². The first-order valence-electron chi connectivity index (χ1n) is 5.73. The van der Waals surface area contributed by atoms with E-state index in [9.17, 15) is 8.42 Å². The molecule has 0 atom stereocenters. The number of nitrogens with zero attached hydrogens (tertiary/aromatic N) is 2. The molecule has 0 fully saturated rings. The maximum atomic E-state index is 12.0. The van der Waals surface area contributed by atoms with Gasteiger partial charge in [0.2, 0.25) is 0 Å². The monoisotopic (exact) mass is 291 g/mol. The highest BCUT2D eigenvalue weighted by molar-refractivity contribution is 7.90. The molecule has 5 nitrogen and oxygen atoms in total. The highest BCUT2D eigenvalue weighted by Crippen LogP contribution is 2.24. The Labute approximate surface area is 113 Å². The van der Waals surface area contributed by atoms with Crippen molar-refractivity contribution in [3.8, 4) is 0 Å². The van der Waals surface area contributed by atoms with E-state index >= 15 is 0 Å². The predicted molar refractivity (Wildman–Crippen MR) is 74.1 cm³/mol. The van der Waals surface area contributed by atoms with Gasteiger partial charge < -0.3 is 0 Å². The summed E-state index contributed by atoms with van der Waals surface area (Å²) in [5, 5.41) is 0.155. The molecule has 1 heterocycles. The largest absolute Gasteiger partial charge is 0.301 e. The molecule has 0 aliphatic heterocycles. The number of aryl methyl sites for hydroxylation is 1. The van der Waals surface area contributed by atoms with Crippen LogP contribution in [0.25, 0.3) is 0 Å². The second-order valence-electron chi connectivity index (χ2n) is 4.08. The van der Waals surface area contributed by atoms with Gasteiger partial charge >= 0.3 is 10.2 Å². The Kier molecular flexibility index (Phi) is 5.37. The summed E-state index contributed by atoms with van der Waals surface area (Å²) < 4.78 is 27.8. The maximum Gasteiger partial charge on any atom is 0.301 e. The van der Waals surface area contributed by atoms with E-state index in [1.165, 1.54) is 17.5 Å². The number of aromatic nitrogens is 1.